The molecule has 3 N–H and O–H groups in total. The van der Waals surface area contributed by atoms with Gasteiger partial charge in [0.15, 0.2) is 0 Å². The second-order valence-electron chi connectivity index (χ2n) is 6.20. The van der Waals surface area contributed by atoms with Crippen molar-refractivity contribution in [3.63, 3.8) is 0 Å². The number of phenols is 1. The van der Waals surface area contributed by atoms with Gasteiger partial charge in [-0.3, -0.25) is 0 Å². The highest BCUT2D eigenvalue weighted by Crippen LogP contribution is 2.39. The number of hydrogen-bond donors (Lipinski definition) is 2. The van der Waals surface area contributed by atoms with Crippen LogP contribution in [0.1, 0.15) is 44.8 Å². The van der Waals surface area contributed by atoms with E-state index in [0.29, 0.717) is 0 Å². The third-order valence-electron chi connectivity index (χ3n) is 4.17. The van der Waals surface area contributed by atoms with Crippen LogP contribution in [-0.2, 0) is 9.31 Å². The number of phenolic OH excluding ortho intramolecular Hbond substituents is 1. The second-order valence-corrected chi connectivity index (χ2v) is 6.20. The summed E-state index contributed by atoms with van der Waals surface area (Å²) in [6.07, 6.45) is 0. The molecular weight excluding hydrogens is 241 g/mol. The van der Waals surface area contributed by atoms with Gasteiger partial charge >= 0.3 is 7.12 Å². The van der Waals surface area contributed by atoms with E-state index in [0.717, 1.165) is 11.1 Å². The molecule has 2 rings (SSSR count). The summed E-state index contributed by atoms with van der Waals surface area (Å²) in [5.41, 5.74) is 7.15. The lowest BCUT2D eigenvalue weighted by molar-refractivity contribution is 0.00578. The van der Waals surface area contributed by atoms with E-state index in [-0.39, 0.29) is 22.9 Å². The Morgan fingerprint density at radius 3 is 2.16 bits per heavy atom. The van der Waals surface area contributed by atoms with Crippen molar-refractivity contribution in [2.24, 2.45) is 5.73 Å². The standard InChI is InChI=1S/C14H22BNO3/c1-9-8-10(6-7-11(9)17)12(16)15-18-13(2,3)14(4,5)19-15/h6-8,12,17H,16H2,1-5H3/t12-/m0/s1. The molecule has 19 heavy (non-hydrogen) atoms. The van der Waals surface area contributed by atoms with E-state index in [9.17, 15) is 5.11 Å². The van der Waals surface area contributed by atoms with Gasteiger partial charge in [-0.2, -0.15) is 0 Å². The molecule has 0 spiro atoms. The smallest absolute Gasteiger partial charge is 0.480 e. The van der Waals surface area contributed by atoms with Crippen LogP contribution in [-0.4, -0.2) is 23.4 Å². The van der Waals surface area contributed by atoms with Crippen molar-refractivity contribution in [2.75, 3.05) is 0 Å². The number of aryl methyl sites for hydroxylation is 1. The molecule has 0 aliphatic carbocycles. The van der Waals surface area contributed by atoms with Crippen LogP contribution in [0.4, 0.5) is 0 Å². The van der Waals surface area contributed by atoms with E-state index in [1.54, 1.807) is 12.1 Å². The third kappa shape index (κ3) is 2.50. The fourth-order valence-corrected chi connectivity index (χ4v) is 2.08. The Bertz CT molecular complexity index is 472. The zero-order chi connectivity index (χ0) is 14.4. The van der Waals surface area contributed by atoms with Gasteiger partial charge in [-0.05, 0) is 51.8 Å². The first-order valence-electron chi connectivity index (χ1n) is 6.55. The van der Waals surface area contributed by atoms with Crippen LogP contribution in [0.15, 0.2) is 18.2 Å². The van der Waals surface area contributed by atoms with Crippen LogP contribution in [0.25, 0.3) is 0 Å². The molecule has 0 unspecified atom stereocenters. The average Bonchev–Trinajstić information content (AvgIpc) is 2.51. The Kier molecular flexibility index (Phi) is 3.41. The molecule has 1 aliphatic heterocycles. The number of rotatable bonds is 2. The van der Waals surface area contributed by atoms with E-state index in [2.05, 4.69) is 0 Å². The van der Waals surface area contributed by atoms with Crippen molar-refractivity contribution in [2.45, 2.75) is 51.8 Å². The molecule has 0 saturated carbocycles. The molecule has 1 aromatic carbocycles. The summed E-state index contributed by atoms with van der Waals surface area (Å²) in [5.74, 6) is -0.106. The molecule has 0 bridgehead atoms. The van der Waals surface area contributed by atoms with E-state index >= 15 is 0 Å². The van der Waals surface area contributed by atoms with Crippen molar-refractivity contribution in [1.29, 1.82) is 0 Å². The molecule has 1 heterocycles. The van der Waals surface area contributed by atoms with Gasteiger partial charge < -0.3 is 20.1 Å². The van der Waals surface area contributed by atoms with Gasteiger partial charge in [0.2, 0.25) is 0 Å². The predicted octanol–water partition coefficient (Wildman–Crippen LogP) is 2.33. The molecular formula is C14H22BNO3. The topological polar surface area (TPSA) is 64.7 Å². The third-order valence-corrected chi connectivity index (χ3v) is 4.17. The minimum Gasteiger partial charge on any atom is -0.508 e. The second kappa shape index (κ2) is 4.51. The van der Waals surface area contributed by atoms with E-state index in [4.69, 9.17) is 15.0 Å². The Morgan fingerprint density at radius 1 is 1.16 bits per heavy atom. The van der Waals surface area contributed by atoms with Gasteiger partial charge in [0.1, 0.15) is 5.75 Å². The van der Waals surface area contributed by atoms with E-state index in [1.165, 1.54) is 0 Å². The largest absolute Gasteiger partial charge is 0.508 e. The summed E-state index contributed by atoms with van der Waals surface area (Å²) in [6, 6.07) is 5.32. The molecule has 4 nitrogen and oxygen atoms in total. The molecule has 1 aromatic rings. The van der Waals surface area contributed by atoms with E-state index in [1.807, 2.05) is 40.7 Å². The van der Waals surface area contributed by atoms with Crippen molar-refractivity contribution in [3.05, 3.63) is 29.3 Å². The van der Waals surface area contributed by atoms with Crippen LogP contribution >= 0.6 is 0 Å². The first-order chi connectivity index (χ1) is 8.64. The highest BCUT2D eigenvalue weighted by atomic mass is 16.7. The van der Waals surface area contributed by atoms with Crippen molar-refractivity contribution >= 4 is 7.12 Å². The Balaban J connectivity index is 2.22. The highest BCUT2D eigenvalue weighted by molar-refractivity contribution is 6.47. The summed E-state index contributed by atoms with van der Waals surface area (Å²) in [6.45, 7) is 9.85. The minimum absolute atomic E-state index is 0.268. The van der Waals surface area contributed by atoms with Crippen molar-refractivity contribution < 1.29 is 14.4 Å². The first-order valence-corrected chi connectivity index (χ1v) is 6.55. The van der Waals surface area contributed by atoms with Gasteiger partial charge in [0, 0.05) is 0 Å². The zero-order valence-corrected chi connectivity index (χ0v) is 12.2. The predicted molar refractivity (Wildman–Crippen MR) is 75.9 cm³/mol. The molecule has 5 heteroatoms. The number of nitrogens with two attached hydrogens (primary N) is 1. The van der Waals surface area contributed by atoms with E-state index < -0.39 is 7.12 Å². The summed E-state index contributed by atoms with van der Waals surface area (Å²) >= 11 is 0. The monoisotopic (exact) mass is 263 g/mol. The maximum Gasteiger partial charge on any atom is 0.480 e. The van der Waals surface area contributed by atoms with Crippen molar-refractivity contribution in [1.82, 2.24) is 0 Å². The lowest BCUT2D eigenvalue weighted by Gasteiger charge is -2.32. The number of aromatic hydroxyl groups is 1. The molecule has 1 fully saturated rings. The fraction of sp³-hybridized carbons (Fsp3) is 0.571. The summed E-state index contributed by atoms with van der Waals surface area (Å²) < 4.78 is 11.9. The maximum atomic E-state index is 9.55. The highest BCUT2D eigenvalue weighted by Gasteiger charge is 2.53. The molecule has 1 atom stereocenters. The lowest BCUT2D eigenvalue weighted by atomic mass is 9.74. The van der Waals surface area contributed by atoms with Crippen LogP contribution in [0.2, 0.25) is 0 Å². The normalized spacial score (nSPS) is 22.5. The minimum atomic E-state index is -0.478. The molecule has 1 aliphatic rings. The molecule has 1 saturated heterocycles. The SMILES string of the molecule is Cc1cc([C@H](N)B2OC(C)(C)C(C)(C)O2)ccc1O. The maximum absolute atomic E-state index is 9.55. The summed E-state index contributed by atoms with van der Waals surface area (Å²) in [7, 11) is -0.478. The van der Waals surface area contributed by atoms with Gasteiger partial charge in [0.25, 0.3) is 0 Å². The zero-order valence-electron chi connectivity index (χ0n) is 12.2. The first kappa shape index (κ1) is 14.4. The Labute approximate surface area is 115 Å². The molecule has 0 aromatic heterocycles. The van der Waals surface area contributed by atoms with Crippen molar-refractivity contribution in [3.8, 4) is 5.75 Å². The average molecular weight is 263 g/mol. The van der Waals surface area contributed by atoms with Crippen LogP contribution in [0.3, 0.4) is 0 Å². The van der Waals surface area contributed by atoms with Crippen LogP contribution in [0.5, 0.6) is 5.75 Å². The molecule has 104 valence electrons. The van der Waals surface area contributed by atoms with Crippen LogP contribution < -0.4 is 5.73 Å². The number of hydrogen-bond acceptors (Lipinski definition) is 4. The Morgan fingerprint density at radius 2 is 1.68 bits per heavy atom. The summed E-state index contributed by atoms with van der Waals surface area (Å²) in [4.78, 5) is 0. The summed E-state index contributed by atoms with van der Waals surface area (Å²) in [5, 5.41) is 9.55. The number of benzene rings is 1. The quantitative estimate of drug-likeness (QED) is 0.804. The Hall–Kier alpha value is -1.04. The van der Waals surface area contributed by atoms with Crippen LogP contribution in [0, 0.1) is 6.92 Å². The molecule has 0 amide bonds. The molecule has 0 radical (unpaired) electrons. The lowest BCUT2D eigenvalue weighted by Crippen LogP contribution is -2.41. The van der Waals surface area contributed by atoms with Gasteiger partial charge in [-0.1, -0.05) is 12.1 Å². The van der Waals surface area contributed by atoms with Gasteiger partial charge in [-0.15, -0.1) is 0 Å². The van der Waals surface area contributed by atoms with Gasteiger partial charge in [0.05, 0.1) is 17.1 Å². The van der Waals surface area contributed by atoms with Gasteiger partial charge in [-0.25, -0.2) is 0 Å². The fourth-order valence-electron chi connectivity index (χ4n) is 2.08.